The summed E-state index contributed by atoms with van der Waals surface area (Å²) in [6.07, 6.45) is 2.29. The molecule has 19 heavy (non-hydrogen) atoms. The van der Waals surface area contributed by atoms with Crippen LogP contribution in [0.25, 0.3) is 0 Å². The standard InChI is InChI=1S/C14H26N2O3/c1-5-14(6-8-15-9-7-14)12(19)16-10(11(17)18)13(2,3)4/h10,15H,5-9H2,1-4H3,(H,16,19)(H,17,18)/t10-/m1/s1. The molecule has 110 valence electrons. The molecule has 1 fully saturated rings. The Hall–Kier alpha value is -1.10. The lowest BCUT2D eigenvalue weighted by Crippen LogP contribution is -2.55. The molecule has 5 nitrogen and oxygen atoms in total. The van der Waals surface area contributed by atoms with Crippen molar-refractivity contribution in [3.8, 4) is 0 Å². The van der Waals surface area contributed by atoms with E-state index in [2.05, 4.69) is 10.6 Å². The fraction of sp³-hybridized carbons (Fsp3) is 0.857. The number of amides is 1. The van der Waals surface area contributed by atoms with Crippen molar-refractivity contribution in [1.82, 2.24) is 10.6 Å². The molecule has 1 saturated heterocycles. The summed E-state index contributed by atoms with van der Waals surface area (Å²) >= 11 is 0. The van der Waals surface area contributed by atoms with E-state index < -0.39 is 22.8 Å². The van der Waals surface area contributed by atoms with E-state index in [4.69, 9.17) is 0 Å². The molecule has 0 saturated carbocycles. The van der Waals surface area contributed by atoms with E-state index in [1.54, 1.807) is 0 Å². The number of carbonyl (C=O) groups excluding carboxylic acids is 1. The molecule has 1 heterocycles. The lowest BCUT2D eigenvalue weighted by atomic mass is 9.75. The molecule has 0 radical (unpaired) electrons. The van der Waals surface area contributed by atoms with Gasteiger partial charge in [0.15, 0.2) is 0 Å². The van der Waals surface area contributed by atoms with Crippen LogP contribution in [0.2, 0.25) is 0 Å². The molecule has 0 aromatic rings. The van der Waals surface area contributed by atoms with E-state index in [1.165, 1.54) is 0 Å². The molecule has 3 N–H and O–H groups in total. The minimum absolute atomic E-state index is 0.112. The van der Waals surface area contributed by atoms with Crippen molar-refractivity contribution in [2.24, 2.45) is 10.8 Å². The minimum atomic E-state index is -0.971. The number of carbonyl (C=O) groups is 2. The molecule has 1 aliphatic rings. The summed E-state index contributed by atoms with van der Waals surface area (Å²) in [5, 5.41) is 15.3. The van der Waals surface area contributed by atoms with Crippen molar-refractivity contribution in [2.45, 2.75) is 53.0 Å². The second-order valence-electron chi connectivity index (χ2n) is 6.49. The molecule has 5 heteroatoms. The van der Waals surface area contributed by atoms with Gasteiger partial charge in [-0.05, 0) is 37.8 Å². The van der Waals surface area contributed by atoms with Crippen LogP contribution in [0.15, 0.2) is 0 Å². The van der Waals surface area contributed by atoms with Gasteiger partial charge in [-0.3, -0.25) is 4.79 Å². The van der Waals surface area contributed by atoms with E-state index in [1.807, 2.05) is 27.7 Å². The Morgan fingerprint density at radius 2 is 1.84 bits per heavy atom. The third-order valence-electron chi connectivity index (χ3n) is 4.11. The Morgan fingerprint density at radius 1 is 1.32 bits per heavy atom. The van der Waals surface area contributed by atoms with Crippen molar-refractivity contribution >= 4 is 11.9 Å². The van der Waals surface area contributed by atoms with Crippen molar-refractivity contribution in [3.63, 3.8) is 0 Å². The maximum absolute atomic E-state index is 12.5. The number of carboxylic acid groups (broad SMARTS) is 1. The Labute approximate surface area is 115 Å². The summed E-state index contributed by atoms with van der Waals surface area (Å²) in [4.78, 5) is 23.8. The first kappa shape index (κ1) is 16.0. The first-order chi connectivity index (χ1) is 8.73. The van der Waals surface area contributed by atoms with Gasteiger partial charge in [0.05, 0.1) is 5.41 Å². The van der Waals surface area contributed by atoms with Crippen LogP contribution < -0.4 is 10.6 Å². The summed E-state index contributed by atoms with van der Waals surface area (Å²) in [7, 11) is 0. The number of aliphatic carboxylic acids is 1. The highest BCUT2D eigenvalue weighted by atomic mass is 16.4. The predicted octanol–water partition coefficient (Wildman–Crippen LogP) is 1.38. The van der Waals surface area contributed by atoms with Crippen molar-refractivity contribution in [2.75, 3.05) is 13.1 Å². The smallest absolute Gasteiger partial charge is 0.326 e. The Morgan fingerprint density at radius 3 is 2.21 bits per heavy atom. The van der Waals surface area contributed by atoms with Gasteiger partial charge in [0.2, 0.25) is 5.91 Å². The zero-order valence-corrected chi connectivity index (χ0v) is 12.4. The van der Waals surface area contributed by atoms with Gasteiger partial charge in [0.25, 0.3) is 0 Å². The fourth-order valence-electron chi connectivity index (χ4n) is 2.58. The van der Waals surface area contributed by atoms with Gasteiger partial charge in [-0.15, -0.1) is 0 Å². The van der Waals surface area contributed by atoms with Crippen molar-refractivity contribution in [3.05, 3.63) is 0 Å². The number of hydrogen-bond donors (Lipinski definition) is 3. The maximum Gasteiger partial charge on any atom is 0.326 e. The first-order valence-corrected chi connectivity index (χ1v) is 6.97. The van der Waals surface area contributed by atoms with Crippen LogP contribution in [0.3, 0.4) is 0 Å². The number of carboxylic acids is 1. The van der Waals surface area contributed by atoms with Gasteiger partial charge >= 0.3 is 5.97 Å². The lowest BCUT2D eigenvalue weighted by molar-refractivity contribution is -0.147. The lowest BCUT2D eigenvalue weighted by Gasteiger charge is -2.38. The highest BCUT2D eigenvalue weighted by Gasteiger charge is 2.41. The third kappa shape index (κ3) is 3.69. The van der Waals surface area contributed by atoms with Gasteiger partial charge in [-0.1, -0.05) is 27.7 Å². The molecule has 0 unspecified atom stereocenters. The normalized spacial score (nSPS) is 20.6. The zero-order chi connectivity index (χ0) is 14.7. The highest BCUT2D eigenvalue weighted by molar-refractivity contribution is 5.88. The van der Waals surface area contributed by atoms with Gasteiger partial charge < -0.3 is 15.7 Å². The number of piperidine rings is 1. The molecule has 1 rings (SSSR count). The highest BCUT2D eigenvalue weighted by Crippen LogP contribution is 2.33. The topological polar surface area (TPSA) is 78.4 Å². The average Bonchev–Trinajstić information content (AvgIpc) is 2.34. The fourth-order valence-corrected chi connectivity index (χ4v) is 2.58. The molecule has 0 bridgehead atoms. The second-order valence-corrected chi connectivity index (χ2v) is 6.49. The van der Waals surface area contributed by atoms with Crippen LogP contribution in [-0.4, -0.2) is 36.1 Å². The van der Waals surface area contributed by atoms with E-state index in [0.717, 1.165) is 32.4 Å². The average molecular weight is 270 g/mol. The SMILES string of the molecule is CCC1(C(=O)N[C@H](C(=O)O)C(C)(C)C)CCNCC1. The Balaban J connectivity index is 2.83. The summed E-state index contributed by atoms with van der Waals surface area (Å²) in [6, 6.07) is -0.849. The Bertz CT molecular complexity index is 341. The van der Waals surface area contributed by atoms with Gasteiger partial charge in [0.1, 0.15) is 6.04 Å². The zero-order valence-electron chi connectivity index (χ0n) is 12.4. The molecule has 0 aromatic carbocycles. The molecule has 0 aliphatic carbocycles. The van der Waals surface area contributed by atoms with Crippen LogP contribution in [-0.2, 0) is 9.59 Å². The van der Waals surface area contributed by atoms with E-state index in [0.29, 0.717) is 0 Å². The minimum Gasteiger partial charge on any atom is -0.480 e. The molecular formula is C14H26N2O3. The Kier molecular flexibility index (Phi) is 4.96. The van der Waals surface area contributed by atoms with Gasteiger partial charge in [0, 0.05) is 0 Å². The molecule has 0 aromatic heterocycles. The third-order valence-corrected chi connectivity index (χ3v) is 4.11. The molecule has 1 aliphatic heterocycles. The van der Waals surface area contributed by atoms with Crippen LogP contribution >= 0.6 is 0 Å². The van der Waals surface area contributed by atoms with Crippen LogP contribution in [0.1, 0.15) is 47.0 Å². The monoisotopic (exact) mass is 270 g/mol. The van der Waals surface area contributed by atoms with Crippen LogP contribution in [0.5, 0.6) is 0 Å². The summed E-state index contributed by atoms with van der Waals surface area (Å²) in [6.45, 7) is 9.11. The molecular weight excluding hydrogens is 244 g/mol. The molecule has 1 amide bonds. The van der Waals surface area contributed by atoms with E-state index in [-0.39, 0.29) is 5.91 Å². The molecule has 0 spiro atoms. The first-order valence-electron chi connectivity index (χ1n) is 6.97. The van der Waals surface area contributed by atoms with E-state index >= 15 is 0 Å². The maximum atomic E-state index is 12.5. The summed E-state index contributed by atoms with van der Waals surface area (Å²) in [5.74, 6) is -1.08. The van der Waals surface area contributed by atoms with E-state index in [9.17, 15) is 14.7 Å². The van der Waals surface area contributed by atoms with Gasteiger partial charge in [-0.2, -0.15) is 0 Å². The predicted molar refractivity (Wildman–Crippen MR) is 73.8 cm³/mol. The van der Waals surface area contributed by atoms with Gasteiger partial charge in [-0.25, -0.2) is 4.79 Å². The molecule has 1 atom stereocenters. The van der Waals surface area contributed by atoms with Crippen molar-refractivity contribution in [1.29, 1.82) is 0 Å². The number of nitrogens with one attached hydrogen (secondary N) is 2. The second kappa shape index (κ2) is 5.90. The van der Waals surface area contributed by atoms with Crippen LogP contribution in [0.4, 0.5) is 0 Å². The number of hydrogen-bond acceptors (Lipinski definition) is 3. The number of rotatable bonds is 4. The van der Waals surface area contributed by atoms with Crippen molar-refractivity contribution < 1.29 is 14.7 Å². The summed E-state index contributed by atoms with van der Waals surface area (Å²) in [5.41, 5.74) is -0.909. The largest absolute Gasteiger partial charge is 0.480 e. The quantitative estimate of drug-likeness (QED) is 0.721. The van der Waals surface area contributed by atoms with Crippen LogP contribution in [0, 0.1) is 10.8 Å². The summed E-state index contributed by atoms with van der Waals surface area (Å²) < 4.78 is 0.